The monoisotopic (exact) mass is 601 g/mol. The number of anilines is 2. The Morgan fingerprint density at radius 3 is 2.36 bits per heavy atom. The average molecular weight is 602 g/mol. The molecule has 1 aliphatic rings. The molecule has 1 saturated heterocycles. The molecule has 0 radical (unpaired) electrons. The molecule has 0 spiro atoms. The number of ether oxygens (including phenoxy) is 3. The molecule has 1 fully saturated rings. The van der Waals surface area contributed by atoms with Gasteiger partial charge in [0, 0.05) is 30.6 Å². The van der Waals surface area contributed by atoms with Crippen LogP contribution in [0.15, 0.2) is 42.5 Å². The molecule has 3 aromatic carbocycles. The van der Waals surface area contributed by atoms with Gasteiger partial charge in [-0.2, -0.15) is 0 Å². The predicted octanol–water partition coefficient (Wildman–Crippen LogP) is 4.19. The first-order chi connectivity index (χ1) is 19.8. The third-order valence-electron chi connectivity index (χ3n) is 6.86. The highest BCUT2D eigenvalue weighted by atomic mass is 32.2. The van der Waals surface area contributed by atoms with Crippen LogP contribution in [0.4, 0.5) is 15.8 Å². The van der Waals surface area contributed by atoms with Crippen molar-refractivity contribution in [2.45, 2.75) is 26.2 Å². The van der Waals surface area contributed by atoms with E-state index in [9.17, 15) is 22.4 Å². The lowest BCUT2D eigenvalue weighted by Gasteiger charge is -2.26. The van der Waals surface area contributed by atoms with Crippen molar-refractivity contribution in [2.24, 2.45) is 0 Å². The lowest BCUT2D eigenvalue weighted by Crippen LogP contribution is -2.38. The summed E-state index contributed by atoms with van der Waals surface area (Å²) in [7, 11) is -2.36. The first-order valence-electron chi connectivity index (χ1n) is 13.5. The number of amides is 1. The first-order valence-corrected chi connectivity index (χ1v) is 15.4. The number of sulfonamides is 1. The second-order valence-corrected chi connectivity index (χ2v) is 12.9. The summed E-state index contributed by atoms with van der Waals surface area (Å²) in [5.74, 6) is -1.98. The molecule has 42 heavy (non-hydrogen) atoms. The van der Waals surface area contributed by atoms with Gasteiger partial charge in [-0.25, -0.2) is 12.8 Å². The SMILES string of the molecule is COc1c(NC(=O)C(=O)c2ccc(OCCN3CCOCC3)c3ccc(F)cc23)cc(C(C)(C)C)cc1NS(C)(=O)=O. The summed E-state index contributed by atoms with van der Waals surface area (Å²) >= 11 is 0. The molecule has 4 rings (SSSR count). The fraction of sp³-hybridized carbons (Fsp3) is 0.400. The number of halogens is 1. The molecule has 0 atom stereocenters. The normalized spacial score (nSPS) is 14.4. The standard InChI is InChI=1S/C30H36FN3O7S/c1-30(2,3)19-16-24(28(39-4)25(17-19)33-42(5,37)38)32-29(36)27(35)22-8-9-26(21-7-6-20(31)18-23(21)22)41-15-12-34-10-13-40-14-11-34/h6-9,16-18,33H,10-15H2,1-5H3,(H,32,36). The number of nitrogens with one attached hydrogen (secondary N) is 2. The molecule has 10 nitrogen and oxygen atoms in total. The van der Waals surface area contributed by atoms with Gasteiger partial charge in [0.1, 0.15) is 18.2 Å². The molecule has 3 aromatic rings. The van der Waals surface area contributed by atoms with Crippen LogP contribution >= 0.6 is 0 Å². The van der Waals surface area contributed by atoms with Gasteiger partial charge in [-0.3, -0.25) is 19.2 Å². The van der Waals surface area contributed by atoms with E-state index >= 15 is 0 Å². The topological polar surface area (TPSA) is 123 Å². The molecule has 1 aliphatic heterocycles. The Kier molecular flexibility index (Phi) is 9.39. The van der Waals surface area contributed by atoms with Crippen LogP contribution in [0, 0.1) is 5.82 Å². The fourth-order valence-electron chi connectivity index (χ4n) is 4.68. The maximum absolute atomic E-state index is 14.3. The summed E-state index contributed by atoms with van der Waals surface area (Å²) in [5, 5.41) is 3.29. The zero-order valence-electron chi connectivity index (χ0n) is 24.4. The van der Waals surface area contributed by atoms with Crippen LogP contribution < -0.4 is 19.5 Å². The van der Waals surface area contributed by atoms with E-state index in [2.05, 4.69) is 14.9 Å². The molecule has 1 amide bonds. The largest absolute Gasteiger partial charge is 0.492 e. The van der Waals surface area contributed by atoms with Crippen molar-refractivity contribution in [2.75, 3.05) is 62.9 Å². The Labute approximate surface area is 245 Å². The number of carbonyl (C=O) groups excluding carboxylic acids is 2. The number of Topliss-reactive ketones (excluding diaryl/α,β-unsaturated/α-hetero) is 1. The number of fused-ring (bicyclic) bond motifs is 1. The minimum Gasteiger partial charge on any atom is -0.492 e. The van der Waals surface area contributed by atoms with Gasteiger partial charge in [0.2, 0.25) is 10.0 Å². The number of hydrogen-bond acceptors (Lipinski definition) is 8. The van der Waals surface area contributed by atoms with Crippen LogP contribution in [0.3, 0.4) is 0 Å². The summed E-state index contributed by atoms with van der Waals surface area (Å²) in [4.78, 5) is 29.0. The number of methoxy groups -OCH3 is 1. The number of ketones is 1. The van der Waals surface area contributed by atoms with E-state index in [0.29, 0.717) is 43.1 Å². The Balaban J connectivity index is 1.64. The maximum atomic E-state index is 14.3. The van der Waals surface area contributed by atoms with Crippen LogP contribution in [0.2, 0.25) is 0 Å². The minimum absolute atomic E-state index is 0.0112. The molecule has 0 unspecified atom stereocenters. The fourth-order valence-corrected chi connectivity index (χ4v) is 5.23. The summed E-state index contributed by atoms with van der Waals surface area (Å²) in [6, 6.07) is 10.3. The van der Waals surface area contributed by atoms with Crippen LogP contribution in [0.5, 0.6) is 11.5 Å². The zero-order valence-corrected chi connectivity index (χ0v) is 25.2. The van der Waals surface area contributed by atoms with Crippen LogP contribution in [0.25, 0.3) is 10.8 Å². The van der Waals surface area contributed by atoms with E-state index in [1.54, 1.807) is 18.2 Å². The number of benzene rings is 3. The van der Waals surface area contributed by atoms with Gasteiger partial charge in [0.25, 0.3) is 11.7 Å². The molecule has 226 valence electrons. The summed E-state index contributed by atoms with van der Waals surface area (Å²) in [5.41, 5.74) is 0.454. The van der Waals surface area contributed by atoms with Crippen molar-refractivity contribution in [3.63, 3.8) is 0 Å². The number of rotatable bonds is 10. The number of morpholine rings is 1. The zero-order chi connectivity index (χ0) is 30.7. The number of nitrogens with zero attached hydrogens (tertiary/aromatic N) is 1. The first kappa shape index (κ1) is 31.2. The highest BCUT2D eigenvalue weighted by Gasteiger charge is 2.26. The van der Waals surface area contributed by atoms with Crippen molar-refractivity contribution in [3.8, 4) is 11.5 Å². The Hall–Kier alpha value is -3.74. The van der Waals surface area contributed by atoms with E-state index in [-0.39, 0.29) is 28.1 Å². The van der Waals surface area contributed by atoms with Gasteiger partial charge in [-0.1, -0.05) is 20.8 Å². The van der Waals surface area contributed by atoms with E-state index in [0.717, 1.165) is 19.3 Å². The van der Waals surface area contributed by atoms with Crippen molar-refractivity contribution >= 4 is 43.9 Å². The van der Waals surface area contributed by atoms with Crippen LogP contribution in [-0.2, 0) is 25.0 Å². The molecular weight excluding hydrogens is 565 g/mol. The number of hydrogen-bond donors (Lipinski definition) is 2. The number of carbonyl (C=O) groups is 2. The smallest absolute Gasteiger partial charge is 0.296 e. The molecule has 0 bridgehead atoms. The Bertz CT molecular complexity index is 1600. The highest BCUT2D eigenvalue weighted by molar-refractivity contribution is 7.92. The Morgan fingerprint density at radius 1 is 1.02 bits per heavy atom. The van der Waals surface area contributed by atoms with E-state index in [1.165, 1.54) is 31.4 Å². The molecule has 2 N–H and O–H groups in total. The molecular formula is C30H36FN3O7S. The molecule has 0 aliphatic carbocycles. The molecule has 12 heteroatoms. The molecule has 1 heterocycles. The van der Waals surface area contributed by atoms with Gasteiger partial charge in [0.05, 0.1) is 38.0 Å². The van der Waals surface area contributed by atoms with Crippen LogP contribution in [0.1, 0.15) is 36.7 Å². The predicted molar refractivity (Wildman–Crippen MR) is 160 cm³/mol. The summed E-state index contributed by atoms with van der Waals surface area (Å²) in [6.45, 7) is 9.78. The van der Waals surface area contributed by atoms with Gasteiger partial charge >= 0.3 is 0 Å². The van der Waals surface area contributed by atoms with Crippen LogP contribution in [-0.4, -0.2) is 77.8 Å². The van der Waals surface area contributed by atoms with Crippen molar-refractivity contribution in [1.29, 1.82) is 0 Å². The minimum atomic E-state index is -3.69. The maximum Gasteiger partial charge on any atom is 0.296 e. The Morgan fingerprint density at radius 2 is 1.71 bits per heavy atom. The van der Waals surface area contributed by atoms with Gasteiger partial charge in [-0.15, -0.1) is 0 Å². The van der Waals surface area contributed by atoms with E-state index in [1.807, 2.05) is 20.8 Å². The summed E-state index contributed by atoms with van der Waals surface area (Å²) in [6.07, 6.45) is 0.998. The quantitative estimate of drug-likeness (QED) is 0.262. The third-order valence-corrected chi connectivity index (χ3v) is 7.45. The van der Waals surface area contributed by atoms with E-state index < -0.39 is 32.9 Å². The molecule has 0 saturated carbocycles. The van der Waals surface area contributed by atoms with E-state index in [4.69, 9.17) is 14.2 Å². The van der Waals surface area contributed by atoms with Crippen molar-refractivity contribution in [3.05, 3.63) is 59.4 Å². The highest BCUT2D eigenvalue weighted by Crippen LogP contribution is 2.39. The second kappa shape index (κ2) is 12.6. The van der Waals surface area contributed by atoms with Gasteiger partial charge in [-0.05, 0) is 58.8 Å². The lowest BCUT2D eigenvalue weighted by atomic mass is 9.86. The van der Waals surface area contributed by atoms with Crippen molar-refractivity contribution < 1.29 is 36.6 Å². The average Bonchev–Trinajstić information content (AvgIpc) is 2.91. The third kappa shape index (κ3) is 7.55. The van der Waals surface area contributed by atoms with Gasteiger partial charge in [0.15, 0.2) is 5.75 Å². The summed E-state index contributed by atoms with van der Waals surface area (Å²) < 4.78 is 57.6. The second-order valence-electron chi connectivity index (χ2n) is 11.1. The lowest BCUT2D eigenvalue weighted by molar-refractivity contribution is -0.112. The van der Waals surface area contributed by atoms with Gasteiger partial charge < -0.3 is 19.5 Å². The molecule has 0 aromatic heterocycles. The van der Waals surface area contributed by atoms with Crippen molar-refractivity contribution in [1.82, 2.24) is 4.90 Å².